The quantitative estimate of drug-likeness (QED) is 0.392. The Bertz CT molecular complexity index is 566. The van der Waals surface area contributed by atoms with Gasteiger partial charge in [0, 0.05) is 12.2 Å². The van der Waals surface area contributed by atoms with Crippen LogP contribution in [0.1, 0.15) is 25.8 Å². The maximum absolute atomic E-state index is 11.9. The summed E-state index contributed by atoms with van der Waals surface area (Å²) in [6.07, 6.45) is 1.24. The van der Waals surface area contributed by atoms with Gasteiger partial charge in [-0.3, -0.25) is 4.79 Å². The molecule has 0 fully saturated rings. The first-order chi connectivity index (χ1) is 11.1. The fourth-order valence-corrected chi connectivity index (χ4v) is 2.51. The highest BCUT2D eigenvalue weighted by atomic mass is 32.2. The number of carbonyl (C=O) groups is 3. The SMILES string of the molecule is CCOC(=O)C(=O)CC=C(SCc1ccccc1)C(=O)OCC. The summed E-state index contributed by atoms with van der Waals surface area (Å²) < 4.78 is 9.61. The van der Waals surface area contributed by atoms with Gasteiger partial charge in [0.1, 0.15) is 0 Å². The lowest BCUT2D eigenvalue weighted by Gasteiger charge is -2.07. The van der Waals surface area contributed by atoms with E-state index < -0.39 is 17.7 Å². The summed E-state index contributed by atoms with van der Waals surface area (Å²) in [4.78, 5) is 35.2. The van der Waals surface area contributed by atoms with E-state index in [0.717, 1.165) is 5.56 Å². The van der Waals surface area contributed by atoms with Gasteiger partial charge in [-0.1, -0.05) is 36.4 Å². The minimum Gasteiger partial charge on any atom is -0.462 e. The molecule has 0 unspecified atom stereocenters. The average Bonchev–Trinajstić information content (AvgIpc) is 2.56. The highest BCUT2D eigenvalue weighted by Gasteiger charge is 2.16. The zero-order chi connectivity index (χ0) is 17.1. The number of thioether (sulfide) groups is 1. The Morgan fingerprint density at radius 3 is 2.22 bits per heavy atom. The number of rotatable bonds is 9. The molecule has 0 aliphatic rings. The van der Waals surface area contributed by atoms with Crippen LogP contribution in [0, 0.1) is 0 Å². The van der Waals surface area contributed by atoms with Crippen molar-refractivity contribution in [1.82, 2.24) is 0 Å². The third-order valence-electron chi connectivity index (χ3n) is 2.69. The Morgan fingerprint density at radius 2 is 1.61 bits per heavy atom. The van der Waals surface area contributed by atoms with Gasteiger partial charge in [0.25, 0.3) is 0 Å². The van der Waals surface area contributed by atoms with E-state index in [9.17, 15) is 14.4 Å². The van der Waals surface area contributed by atoms with Crippen LogP contribution in [0.5, 0.6) is 0 Å². The molecule has 0 spiro atoms. The molecule has 0 aliphatic heterocycles. The summed E-state index contributed by atoms with van der Waals surface area (Å²) in [5.41, 5.74) is 1.05. The van der Waals surface area contributed by atoms with Crippen LogP contribution >= 0.6 is 11.8 Å². The maximum atomic E-state index is 11.9. The van der Waals surface area contributed by atoms with Crippen molar-refractivity contribution in [2.45, 2.75) is 26.0 Å². The molecule has 0 N–H and O–H groups in total. The molecule has 0 heterocycles. The third-order valence-corrected chi connectivity index (χ3v) is 3.81. The zero-order valence-electron chi connectivity index (χ0n) is 13.2. The first-order valence-corrected chi connectivity index (χ1v) is 8.31. The van der Waals surface area contributed by atoms with Crippen LogP contribution in [0.3, 0.4) is 0 Å². The lowest BCUT2D eigenvalue weighted by atomic mass is 10.2. The molecule has 0 atom stereocenters. The fraction of sp³-hybridized carbons (Fsp3) is 0.353. The van der Waals surface area contributed by atoms with Crippen molar-refractivity contribution < 1.29 is 23.9 Å². The molecule has 5 nitrogen and oxygen atoms in total. The van der Waals surface area contributed by atoms with Crippen LogP contribution in [-0.2, 0) is 29.6 Å². The highest BCUT2D eigenvalue weighted by molar-refractivity contribution is 8.03. The number of ketones is 1. The molecule has 0 bridgehead atoms. The second kappa shape index (κ2) is 10.6. The molecule has 1 rings (SSSR count). The first kappa shape index (κ1) is 19.0. The Kier molecular flexibility index (Phi) is 8.75. The van der Waals surface area contributed by atoms with Crippen LogP contribution in [0.2, 0.25) is 0 Å². The molecule has 0 aliphatic carbocycles. The number of hydrogen-bond donors (Lipinski definition) is 0. The van der Waals surface area contributed by atoms with Gasteiger partial charge < -0.3 is 9.47 Å². The Balaban J connectivity index is 2.71. The van der Waals surface area contributed by atoms with Crippen molar-refractivity contribution in [3.05, 3.63) is 46.9 Å². The largest absolute Gasteiger partial charge is 0.462 e. The van der Waals surface area contributed by atoms with Gasteiger partial charge >= 0.3 is 11.9 Å². The van der Waals surface area contributed by atoms with Crippen molar-refractivity contribution in [3.63, 3.8) is 0 Å². The average molecular weight is 336 g/mol. The smallest absolute Gasteiger partial charge is 0.374 e. The second-order valence-electron chi connectivity index (χ2n) is 4.41. The molecular weight excluding hydrogens is 316 g/mol. The topological polar surface area (TPSA) is 69.7 Å². The minimum absolute atomic E-state index is 0.141. The van der Waals surface area contributed by atoms with E-state index in [1.54, 1.807) is 13.8 Å². The molecule has 0 saturated carbocycles. The van der Waals surface area contributed by atoms with Crippen molar-refractivity contribution in [2.75, 3.05) is 13.2 Å². The molecule has 1 aromatic carbocycles. The molecule has 124 valence electrons. The highest BCUT2D eigenvalue weighted by Crippen LogP contribution is 2.23. The van der Waals surface area contributed by atoms with Crippen LogP contribution in [0.4, 0.5) is 0 Å². The number of Topliss-reactive ketones (excluding diaryl/α,β-unsaturated/α-hetero) is 1. The van der Waals surface area contributed by atoms with Crippen LogP contribution in [-0.4, -0.2) is 30.9 Å². The van der Waals surface area contributed by atoms with Gasteiger partial charge in [-0.2, -0.15) is 0 Å². The van der Waals surface area contributed by atoms with Crippen LogP contribution in [0.15, 0.2) is 41.3 Å². The molecule has 0 aromatic heterocycles. The van der Waals surface area contributed by atoms with Crippen molar-refractivity contribution in [1.29, 1.82) is 0 Å². The van der Waals surface area contributed by atoms with Crippen molar-refractivity contribution in [2.24, 2.45) is 0 Å². The molecule has 23 heavy (non-hydrogen) atoms. The predicted octanol–water partition coefficient (Wildman–Crippen LogP) is 2.89. The summed E-state index contributed by atoms with van der Waals surface area (Å²) >= 11 is 1.27. The molecule has 0 radical (unpaired) electrons. The Labute approximate surface area is 140 Å². The third kappa shape index (κ3) is 7.15. The van der Waals surface area contributed by atoms with Gasteiger partial charge in [-0.05, 0) is 19.4 Å². The summed E-state index contributed by atoms with van der Waals surface area (Å²) in [7, 11) is 0. The molecule has 0 saturated heterocycles. The Hall–Kier alpha value is -2.08. The molecule has 1 aromatic rings. The number of ether oxygens (including phenoxy) is 2. The van der Waals surface area contributed by atoms with Crippen LogP contribution in [0.25, 0.3) is 0 Å². The van der Waals surface area contributed by atoms with E-state index in [1.807, 2.05) is 30.3 Å². The van der Waals surface area contributed by atoms with Gasteiger partial charge in [0.15, 0.2) is 0 Å². The first-order valence-electron chi connectivity index (χ1n) is 7.32. The lowest BCUT2D eigenvalue weighted by molar-refractivity contribution is -0.153. The standard InChI is InChI=1S/C17H20O5S/c1-3-21-16(19)14(18)10-11-15(17(20)22-4-2)23-12-13-8-6-5-7-9-13/h5-9,11H,3-4,10,12H2,1-2H3. The predicted molar refractivity (Wildman–Crippen MR) is 88.7 cm³/mol. The van der Waals surface area contributed by atoms with E-state index in [0.29, 0.717) is 10.7 Å². The second-order valence-corrected chi connectivity index (χ2v) is 5.43. The number of allylic oxidation sites excluding steroid dienone is 1. The fourth-order valence-electron chi connectivity index (χ4n) is 1.62. The summed E-state index contributed by atoms with van der Waals surface area (Å²) in [6.45, 7) is 3.72. The molecule has 6 heteroatoms. The molecular formula is C17H20O5S. The zero-order valence-corrected chi connectivity index (χ0v) is 14.1. The molecule has 0 amide bonds. The van der Waals surface area contributed by atoms with Gasteiger partial charge in [0.05, 0.1) is 18.1 Å². The van der Waals surface area contributed by atoms with E-state index >= 15 is 0 Å². The van der Waals surface area contributed by atoms with Crippen molar-refractivity contribution in [3.8, 4) is 0 Å². The summed E-state index contributed by atoms with van der Waals surface area (Å²) in [5.74, 6) is -1.50. The minimum atomic E-state index is -0.889. The van der Waals surface area contributed by atoms with E-state index in [-0.39, 0.29) is 19.6 Å². The number of benzene rings is 1. The number of hydrogen-bond acceptors (Lipinski definition) is 6. The number of carbonyl (C=O) groups excluding carboxylic acids is 3. The van der Waals surface area contributed by atoms with Crippen molar-refractivity contribution >= 4 is 29.5 Å². The van der Waals surface area contributed by atoms with Gasteiger partial charge in [0.2, 0.25) is 5.78 Å². The van der Waals surface area contributed by atoms with E-state index in [4.69, 9.17) is 4.74 Å². The van der Waals surface area contributed by atoms with Crippen LogP contribution < -0.4 is 0 Å². The summed E-state index contributed by atoms with van der Waals surface area (Å²) in [5, 5.41) is 0. The van der Waals surface area contributed by atoms with E-state index in [2.05, 4.69) is 4.74 Å². The Morgan fingerprint density at radius 1 is 1.00 bits per heavy atom. The summed E-state index contributed by atoms with van der Waals surface area (Å²) in [6, 6.07) is 9.62. The van der Waals surface area contributed by atoms with E-state index in [1.165, 1.54) is 17.8 Å². The number of esters is 2. The normalized spacial score (nSPS) is 11.0. The monoisotopic (exact) mass is 336 g/mol. The lowest BCUT2D eigenvalue weighted by Crippen LogP contribution is -2.16. The van der Waals surface area contributed by atoms with Gasteiger partial charge in [-0.15, -0.1) is 11.8 Å². The van der Waals surface area contributed by atoms with Gasteiger partial charge in [-0.25, -0.2) is 9.59 Å². The maximum Gasteiger partial charge on any atom is 0.374 e.